The zero-order valence-corrected chi connectivity index (χ0v) is 10.8. The van der Waals surface area contributed by atoms with Crippen LogP contribution in [0, 0.1) is 5.82 Å². The van der Waals surface area contributed by atoms with Gasteiger partial charge in [0.2, 0.25) is 0 Å². The third-order valence-electron chi connectivity index (χ3n) is 2.88. The Bertz CT molecular complexity index is 612. The van der Waals surface area contributed by atoms with E-state index in [-0.39, 0.29) is 11.3 Å². The molecule has 1 amide bonds. The van der Waals surface area contributed by atoms with Crippen molar-refractivity contribution in [1.82, 2.24) is 5.32 Å². The Kier molecular flexibility index (Phi) is 4.20. The van der Waals surface area contributed by atoms with Crippen molar-refractivity contribution in [2.45, 2.75) is 6.42 Å². The number of nitrogens with one attached hydrogen (secondary N) is 1. The molecule has 0 aliphatic heterocycles. The van der Waals surface area contributed by atoms with Crippen molar-refractivity contribution in [2.75, 3.05) is 12.3 Å². The maximum atomic E-state index is 13.0. The van der Waals surface area contributed by atoms with Gasteiger partial charge in [-0.3, -0.25) is 4.79 Å². The van der Waals surface area contributed by atoms with Crippen molar-refractivity contribution in [3.8, 4) is 5.75 Å². The summed E-state index contributed by atoms with van der Waals surface area (Å²) in [5, 5.41) is 12.1. The number of anilines is 1. The van der Waals surface area contributed by atoms with Gasteiger partial charge in [-0.05, 0) is 42.3 Å². The topological polar surface area (TPSA) is 75.3 Å². The Morgan fingerprint density at radius 2 is 1.90 bits per heavy atom. The molecule has 104 valence electrons. The number of nitrogens with two attached hydrogens (primary N) is 1. The van der Waals surface area contributed by atoms with Crippen LogP contribution in [0.5, 0.6) is 5.75 Å². The van der Waals surface area contributed by atoms with Gasteiger partial charge in [0.1, 0.15) is 11.6 Å². The van der Waals surface area contributed by atoms with Crippen LogP contribution in [0.4, 0.5) is 10.1 Å². The van der Waals surface area contributed by atoms with Crippen LogP contribution in [0.3, 0.4) is 0 Å². The maximum Gasteiger partial charge on any atom is 0.255 e. The number of phenolic OH excluding ortho intramolecular Hbond substituents is 1. The van der Waals surface area contributed by atoms with Crippen molar-refractivity contribution in [1.29, 1.82) is 0 Å². The first-order valence-electron chi connectivity index (χ1n) is 6.17. The molecule has 2 aromatic carbocycles. The smallest absolute Gasteiger partial charge is 0.255 e. The molecule has 0 aliphatic carbocycles. The average Bonchev–Trinajstić information content (AvgIpc) is 2.43. The highest BCUT2D eigenvalue weighted by Gasteiger charge is 2.11. The molecule has 0 radical (unpaired) electrons. The molecule has 0 spiro atoms. The first kappa shape index (κ1) is 13.9. The van der Waals surface area contributed by atoms with E-state index in [1.165, 1.54) is 0 Å². The minimum absolute atomic E-state index is 0.0673. The van der Waals surface area contributed by atoms with Gasteiger partial charge in [-0.2, -0.15) is 0 Å². The van der Waals surface area contributed by atoms with Crippen LogP contribution >= 0.6 is 0 Å². The molecule has 0 aromatic heterocycles. The number of halogens is 1. The molecule has 2 rings (SSSR count). The average molecular weight is 274 g/mol. The molecule has 5 heteroatoms. The summed E-state index contributed by atoms with van der Waals surface area (Å²) in [5.41, 5.74) is 7.22. The fourth-order valence-corrected chi connectivity index (χ4v) is 1.79. The fourth-order valence-electron chi connectivity index (χ4n) is 1.79. The second-order valence-electron chi connectivity index (χ2n) is 4.41. The summed E-state index contributed by atoms with van der Waals surface area (Å²) in [7, 11) is 0. The first-order chi connectivity index (χ1) is 9.56. The Hall–Kier alpha value is -2.56. The summed E-state index contributed by atoms with van der Waals surface area (Å²) in [6.07, 6.45) is 0.627. The molecule has 4 N–H and O–H groups in total. The van der Waals surface area contributed by atoms with Gasteiger partial charge in [0.05, 0.1) is 5.56 Å². The van der Waals surface area contributed by atoms with Gasteiger partial charge in [-0.1, -0.05) is 12.1 Å². The van der Waals surface area contributed by atoms with Crippen LogP contribution in [-0.2, 0) is 6.42 Å². The van der Waals surface area contributed by atoms with Gasteiger partial charge in [0, 0.05) is 12.2 Å². The highest BCUT2D eigenvalue weighted by atomic mass is 19.1. The molecular formula is C15H15FN2O2. The molecule has 0 fully saturated rings. The third-order valence-corrected chi connectivity index (χ3v) is 2.88. The van der Waals surface area contributed by atoms with Crippen molar-refractivity contribution < 1.29 is 14.3 Å². The van der Waals surface area contributed by atoms with Crippen LogP contribution in [0.15, 0.2) is 42.5 Å². The predicted molar refractivity (Wildman–Crippen MR) is 75.0 cm³/mol. The zero-order chi connectivity index (χ0) is 14.5. The number of phenols is 1. The van der Waals surface area contributed by atoms with Gasteiger partial charge < -0.3 is 16.2 Å². The highest BCUT2D eigenvalue weighted by Crippen LogP contribution is 2.17. The van der Waals surface area contributed by atoms with Crippen LogP contribution in [0.25, 0.3) is 0 Å². The second-order valence-corrected chi connectivity index (χ2v) is 4.41. The number of nitrogen functional groups attached to an aromatic ring is 1. The number of carbonyl (C=O) groups is 1. The number of hydrogen-bond donors (Lipinski definition) is 3. The van der Waals surface area contributed by atoms with Gasteiger partial charge in [0.25, 0.3) is 5.91 Å². The van der Waals surface area contributed by atoms with Crippen molar-refractivity contribution >= 4 is 11.6 Å². The molecule has 0 saturated heterocycles. The van der Waals surface area contributed by atoms with Crippen LogP contribution in [0.2, 0.25) is 0 Å². The molecule has 4 nitrogen and oxygen atoms in total. The fraction of sp³-hybridized carbons (Fsp3) is 0.133. The van der Waals surface area contributed by atoms with E-state index in [2.05, 4.69) is 5.32 Å². The van der Waals surface area contributed by atoms with Crippen molar-refractivity contribution in [3.63, 3.8) is 0 Å². The Labute approximate surface area is 116 Å². The minimum Gasteiger partial charge on any atom is -0.507 e. The minimum atomic E-state index is -0.563. The third kappa shape index (κ3) is 3.47. The second kappa shape index (κ2) is 6.06. The lowest BCUT2D eigenvalue weighted by molar-refractivity contribution is 0.0951. The van der Waals surface area contributed by atoms with Crippen LogP contribution < -0.4 is 11.1 Å². The maximum absolute atomic E-state index is 13.0. The lowest BCUT2D eigenvalue weighted by Gasteiger charge is -2.07. The number of amides is 1. The van der Waals surface area contributed by atoms with E-state index in [4.69, 9.17) is 5.73 Å². The van der Waals surface area contributed by atoms with E-state index >= 15 is 0 Å². The van der Waals surface area contributed by atoms with E-state index in [1.807, 2.05) is 12.1 Å². The molecular weight excluding hydrogens is 259 g/mol. The summed E-state index contributed by atoms with van der Waals surface area (Å²) < 4.78 is 13.0. The SMILES string of the molecule is Nc1ccc(CCNC(=O)c2cc(F)ccc2O)cc1. The first-order valence-corrected chi connectivity index (χ1v) is 6.17. The van der Waals surface area contributed by atoms with E-state index in [0.29, 0.717) is 18.7 Å². The lowest BCUT2D eigenvalue weighted by atomic mass is 10.1. The quantitative estimate of drug-likeness (QED) is 0.747. The molecule has 20 heavy (non-hydrogen) atoms. The number of benzene rings is 2. The van der Waals surface area contributed by atoms with E-state index in [9.17, 15) is 14.3 Å². The summed E-state index contributed by atoms with van der Waals surface area (Å²) in [5.74, 6) is -1.31. The van der Waals surface area contributed by atoms with Gasteiger partial charge in [-0.15, -0.1) is 0 Å². The summed E-state index contributed by atoms with van der Waals surface area (Å²) >= 11 is 0. The molecule has 0 heterocycles. The number of carbonyl (C=O) groups excluding carboxylic acids is 1. The Morgan fingerprint density at radius 1 is 1.20 bits per heavy atom. The number of aromatic hydroxyl groups is 1. The number of hydrogen-bond acceptors (Lipinski definition) is 3. The molecule has 0 atom stereocenters. The zero-order valence-electron chi connectivity index (χ0n) is 10.8. The van der Waals surface area contributed by atoms with Gasteiger partial charge >= 0.3 is 0 Å². The molecule has 0 aliphatic rings. The van der Waals surface area contributed by atoms with E-state index in [1.54, 1.807) is 12.1 Å². The Balaban J connectivity index is 1.92. The van der Waals surface area contributed by atoms with Gasteiger partial charge in [0.15, 0.2) is 0 Å². The largest absolute Gasteiger partial charge is 0.507 e. The van der Waals surface area contributed by atoms with Crippen LogP contribution in [0.1, 0.15) is 15.9 Å². The molecule has 0 saturated carbocycles. The summed E-state index contributed by atoms with van der Waals surface area (Å²) in [4.78, 5) is 11.8. The monoisotopic (exact) mass is 274 g/mol. The summed E-state index contributed by atoms with van der Waals surface area (Å²) in [6.45, 7) is 0.388. The van der Waals surface area contributed by atoms with Crippen molar-refractivity contribution in [3.05, 3.63) is 59.4 Å². The van der Waals surface area contributed by atoms with Crippen LogP contribution in [-0.4, -0.2) is 17.6 Å². The standard InChI is InChI=1S/C15H15FN2O2/c16-11-3-6-14(19)13(9-11)15(20)18-8-7-10-1-4-12(17)5-2-10/h1-6,9,19H,7-8,17H2,(H,18,20). The van der Waals surface area contributed by atoms with E-state index in [0.717, 1.165) is 23.8 Å². The normalized spacial score (nSPS) is 10.2. The highest BCUT2D eigenvalue weighted by molar-refractivity contribution is 5.96. The van der Waals surface area contributed by atoms with E-state index < -0.39 is 11.7 Å². The molecule has 0 unspecified atom stereocenters. The lowest BCUT2D eigenvalue weighted by Crippen LogP contribution is -2.25. The summed E-state index contributed by atoms with van der Waals surface area (Å²) in [6, 6.07) is 10.6. The van der Waals surface area contributed by atoms with Gasteiger partial charge in [-0.25, -0.2) is 4.39 Å². The predicted octanol–water partition coefficient (Wildman–Crippen LogP) is 2.09. The number of rotatable bonds is 4. The molecule has 2 aromatic rings. The van der Waals surface area contributed by atoms with Crippen molar-refractivity contribution in [2.24, 2.45) is 0 Å². The molecule has 0 bridgehead atoms. The Morgan fingerprint density at radius 3 is 2.60 bits per heavy atom.